The molecule has 1 aromatic carbocycles. The van der Waals surface area contributed by atoms with Crippen molar-refractivity contribution in [3.63, 3.8) is 0 Å². The Morgan fingerprint density at radius 3 is 2.81 bits per heavy atom. The average Bonchev–Trinajstić information content (AvgIpc) is 3.11. The summed E-state index contributed by atoms with van der Waals surface area (Å²) in [5.74, 6) is 1.45. The van der Waals surface area contributed by atoms with Crippen molar-refractivity contribution < 1.29 is 9.84 Å². The number of pyridine rings is 1. The summed E-state index contributed by atoms with van der Waals surface area (Å²) in [5.41, 5.74) is 2.72. The molecule has 142 valence electrons. The van der Waals surface area contributed by atoms with Crippen molar-refractivity contribution in [2.75, 3.05) is 6.61 Å². The summed E-state index contributed by atoms with van der Waals surface area (Å²) < 4.78 is 5.85. The van der Waals surface area contributed by atoms with Gasteiger partial charge in [0.15, 0.2) is 0 Å². The summed E-state index contributed by atoms with van der Waals surface area (Å²) in [6, 6.07) is 7.48. The number of hydrogen-bond donors (Lipinski definition) is 1. The molecular weight excluding hydrogens is 366 g/mol. The third-order valence-corrected chi connectivity index (χ3v) is 4.50. The lowest BCUT2D eigenvalue weighted by Crippen LogP contribution is -2.25. The van der Waals surface area contributed by atoms with Crippen LogP contribution in [0.4, 0.5) is 0 Å². The highest BCUT2D eigenvalue weighted by Crippen LogP contribution is 2.32. The van der Waals surface area contributed by atoms with Gasteiger partial charge in [-0.2, -0.15) is 4.80 Å². The van der Waals surface area contributed by atoms with E-state index in [1.807, 2.05) is 25.1 Å². The number of aromatic nitrogens is 5. The van der Waals surface area contributed by atoms with Crippen molar-refractivity contribution in [2.45, 2.75) is 39.3 Å². The third-order valence-electron chi connectivity index (χ3n) is 4.09. The van der Waals surface area contributed by atoms with Crippen LogP contribution in [0.3, 0.4) is 0 Å². The first-order chi connectivity index (χ1) is 12.9. The van der Waals surface area contributed by atoms with E-state index < -0.39 is 6.10 Å². The van der Waals surface area contributed by atoms with E-state index in [0.717, 1.165) is 22.4 Å². The molecule has 1 atom stereocenters. The summed E-state index contributed by atoms with van der Waals surface area (Å²) >= 11 is 6.22. The van der Waals surface area contributed by atoms with E-state index in [4.69, 9.17) is 16.3 Å². The van der Waals surface area contributed by atoms with Gasteiger partial charge < -0.3 is 9.84 Å². The number of halogens is 1. The second kappa shape index (κ2) is 8.45. The number of hydrogen-bond acceptors (Lipinski definition) is 6. The molecule has 7 nitrogen and oxygen atoms in total. The smallest absolute Gasteiger partial charge is 0.206 e. The Kier molecular flexibility index (Phi) is 6.03. The molecule has 3 rings (SSSR count). The zero-order valence-corrected chi connectivity index (χ0v) is 16.3. The van der Waals surface area contributed by atoms with Crippen molar-refractivity contribution in [1.29, 1.82) is 0 Å². The van der Waals surface area contributed by atoms with Crippen LogP contribution in [0.2, 0.25) is 5.02 Å². The van der Waals surface area contributed by atoms with Crippen LogP contribution in [0.5, 0.6) is 5.75 Å². The molecule has 0 amide bonds. The van der Waals surface area contributed by atoms with Crippen molar-refractivity contribution in [2.24, 2.45) is 0 Å². The lowest BCUT2D eigenvalue weighted by atomic mass is 10.0. The predicted molar refractivity (Wildman–Crippen MR) is 103 cm³/mol. The molecule has 0 spiro atoms. The number of aryl methyl sites for hydroxylation is 1. The molecule has 0 fully saturated rings. The number of ether oxygens (including phenoxy) is 1. The molecule has 0 bridgehead atoms. The minimum absolute atomic E-state index is 0.116. The molecule has 27 heavy (non-hydrogen) atoms. The van der Waals surface area contributed by atoms with E-state index in [2.05, 4.69) is 34.2 Å². The maximum absolute atomic E-state index is 10.3. The summed E-state index contributed by atoms with van der Waals surface area (Å²) in [4.78, 5) is 5.39. The summed E-state index contributed by atoms with van der Waals surface area (Å²) in [5, 5.41) is 23.2. The summed E-state index contributed by atoms with van der Waals surface area (Å²) in [7, 11) is 0. The Morgan fingerprint density at radius 1 is 1.30 bits per heavy atom. The van der Waals surface area contributed by atoms with E-state index in [-0.39, 0.29) is 19.1 Å². The zero-order valence-electron chi connectivity index (χ0n) is 15.5. The van der Waals surface area contributed by atoms with Gasteiger partial charge in [0, 0.05) is 23.0 Å². The topological polar surface area (TPSA) is 86.0 Å². The molecule has 1 N–H and O–H groups in total. The van der Waals surface area contributed by atoms with Gasteiger partial charge in [0.2, 0.25) is 5.82 Å². The third kappa shape index (κ3) is 4.81. The van der Waals surface area contributed by atoms with Gasteiger partial charge in [-0.25, -0.2) is 0 Å². The molecule has 2 heterocycles. The monoisotopic (exact) mass is 387 g/mol. The van der Waals surface area contributed by atoms with Crippen molar-refractivity contribution in [3.05, 3.63) is 52.8 Å². The van der Waals surface area contributed by atoms with Crippen LogP contribution in [-0.2, 0) is 6.54 Å². The van der Waals surface area contributed by atoms with Gasteiger partial charge in [-0.05, 0) is 53.4 Å². The second-order valence-corrected chi connectivity index (χ2v) is 7.08. The molecule has 0 aliphatic rings. The highest BCUT2D eigenvalue weighted by Gasteiger charge is 2.15. The molecule has 0 radical (unpaired) electrons. The minimum atomic E-state index is -0.781. The number of aliphatic hydroxyl groups excluding tert-OH is 1. The first-order valence-electron chi connectivity index (χ1n) is 8.73. The molecule has 0 aliphatic carbocycles. The van der Waals surface area contributed by atoms with Crippen molar-refractivity contribution >= 4 is 11.6 Å². The largest absolute Gasteiger partial charge is 0.491 e. The Hall–Kier alpha value is -2.51. The number of nitrogens with zero attached hydrogens (tertiary/aromatic N) is 5. The molecule has 0 saturated carbocycles. The van der Waals surface area contributed by atoms with E-state index in [0.29, 0.717) is 10.8 Å². The summed E-state index contributed by atoms with van der Waals surface area (Å²) in [6.45, 7) is 6.36. The maximum atomic E-state index is 10.3. The number of aliphatic hydroxyl groups is 1. The Morgan fingerprint density at radius 2 is 2.11 bits per heavy atom. The van der Waals surface area contributed by atoms with Crippen LogP contribution in [-0.4, -0.2) is 43.0 Å². The Labute approximate surface area is 163 Å². The SMILES string of the molecule is Cc1cc(OCC(O)Cn2nnc(-c3cccnc3)n2)c(C(C)C)cc1Cl. The fraction of sp³-hybridized carbons (Fsp3) is 0.368. The highest BCUT2D eigenvalue weighted by atomic mass is 35.5. The average molecular weight is 388 g/mol. The van der Waals surface area contributed by atoms with Crippen molar-refractivity contribution in [3.8, 4) is 17.1 Å². The van der Waals surface area contributed by atoms with Gasteiger partial charge in [-0.15, -0.1) is 10.2 Å². The van der Waals surface area contributed by atoms with Gasteiger partial charge in [0.1, 0.15) is 18.5 Å². The van der Waals surface area contributed by atoms with Crippen molar-refractivity contribution in [1.82, 2.24) is 25.2 Å². The molecule has 0 saturated heterocycles. The van der Waals surface area contributed by atoms with Crippen LogP contribution < -0.4 is 4.74 Å². The zero-order chi connectivity index (χ0) is 19.4. The Bertz CT molecular complexity index is 898. The first-order valence-corrected chi connectivity index (χ1v) is 9.11. The standard InChI is InChI=1S/C19H22ClN5O2/c1-12(2)16-8-17(20)13(3)7-18(16)27-11-15(26)10-25-23-19(22-24-25)14-5-4-6-21-9-14/h4-9,12,15,26H,10-11H2,1-3H3. The maximum Gasteiger partial charge on any atom is 0.206 e. The molecule has 2 aromatic heterocycles. The minimum Gasteiger partial charge on any atom is -0.491 e. The van der Waals surface area contributed by atoms with E-state index in [1.165, 1.54) is 4.80 Å². The number of tetrazole rings is 1. The number of benzene rings is 1. The predicted octanol–water partition coefficient (Wildman–Crippen LogP) is 3.26. The fourth-order valence-electron chi connectivity index (χ4n) is 2.60. The van der Waals surface area contributed by atoms with E-state index in [1.54, 1.807) is 18.5 Å². The molecule has 3 aromatic rings. The van der Waals surface area contributed by atoms with Gasteiger partial charge in [-0.1, -0.05) is 25.4 Å². The van der Waals surface area contributed by atoms with Crippen LogP contribution >= 0.6 is 11.6 Å². The van der Waals surface area contributed by atoms with E-state index in [9.17, 15) is 5.11 Å². The molecule has 1 unspecified atom stereocenters. The van der Waals surface area contributed by atoms with Gasteiger partial charge in [0.05, 0.1) is 6.54 Å². The van der Waals surface area contributed by atoms with Crippen LogP contribution in [0.1, 0.15) is 30.9 Å². The van der Waals surface area contributed by atoms with Crippen LogP contribution in [0, 0.1) is 6.92 Å². The van der Waals surface area contributed by atoms with Gasteiger partial charge in [0.25, 0.3) is 0 Å². The second-order valence-electron chi connectivity index (χ2n) is 6.67. The summed E-state index contributed by atoms with van der Waals surface area (Å²) in [6.07, 6.45) is 2.56. The van der Waals surface area contributed by atoms with E-state index >= 15 is 0 Å². The molecule has 8 heteroatoms. The number of rotatable bonds is 7. The molecular formula is C19H22ClN5O2. The normalized spacial score (nSPS) is 12.4. The lowest BCUT2D eigenvalue weighted by molar-refractivity contribution is 0.0844. The quantitative estimate of drug-likeness (QED) is 0.669. The van der Waals surface area contributed by atoms with Crippen LogP contribution in [0.25, 0.3) is 11.4 Å². The lowest BCUT2D eigenvalue weighted by Gasteiger charge is -2.17. The Balaban J connectivity index is 1.63. The highest BCUT2D eigenvalue weighted by molar-refractivity contribution is 6.31. The first kappa shape index (κ1) is 19.3. The fourth-order valence-corrected chi connectivity index (χ4v) is 2.78. The van der Waals surface area contributed by atoms with Crippen LogP contribution in [0.15, 0.2) is 36.7 Å². The van der Waals surface area contributed by atoms with Gasteiger partial charge >= 0.3 is 0 Å². The molecule has 0 aliphatic heterocycles. The van der Waals surface area contributed by atoms with Gasteiger partial charge in [-0.3, -0.25) is 4.98 Å².